The molecule has 1 aliphatic heterocycles. The van der Waals surface area contributed by atoms with Crippen molar-refractivity contribution in [1.82, 2.24) is 10.3 Å². The van der Waals surface area contributed by atoms with Crippen LogP contribution in [0.5, 0.6) is 0 Å². The van der Waals surface area contributed by atoms with Gasteiger partial charge in [0.05, 0.1) is 6.04 Å². The summed E-state index contributed by atoms with van der Waals surface area (Å²) in [7, 11) is 0. The normalized spacial score (nSPS) is 20.9. The van der Waals surface area contributed by atoms with Crippen molar-refractivity contribution in [2.75, 3.05) is 11.9 Å². The standard InChI is InChI=1S/C11H15N3O/c15-11(10-3-1-2-6-13-10)14-9-4-7-12-8-5-9/h4-5,7-8,10,13H,1-3,6H2,(H,12,14,15)/t10-/m0/s1. The number of aromatic nitrogens is 1. The van der Waals surface area contributed by atoms with Gasteiger partial charge in [-0.1, -0.05) is 6.42 Å². The topological polar surface area (TPSA) is 54.0 Å². The molecule has 0 radical (unpaired) electrons. The minimum atomic E-state index is -0.0353. The molecule has 0 bridgehead atoms. The average molecular weight is 205 g/mol. The number of piperidine rings is 1. The van der Waals surface area contributed by atoms with Gasteiger partial charge in [-0.05, 0) is 31.5 Å². The van der Waals surface area contributed by atoms with E-state index in [-0.39, 0.29) is 11.9 Å². The van der Waals surface area contributed by atoms with Crippen LogP contribution in [-0.2, 0) is 4.79 Å². The van der Waals surface area contributed by atoms with Gasteiger partial charge in [-0.25, -0.2) is 0 Å². The van der Waals surface area contributed by atoms with Gasteiger partial charge < -0.3 is 10.6 Å². The molecule has 1 amide bonds. The second-order valence-electron chi connectivity index (χ2n) is 3.73. The fourth-order valence-corrected chi connectivity index (χ4v) is 1.74. The van der Waals surface area contributed by atoms with Crippen LogP contribution < -0.4 is 10.6 Å². The molecule has 1 aromatic rings. The molecule has 2 rings (SSSR count). The molecule has 2 N–H and O–H groups in total. The van der Waals surface area contributed by atoms with Gasteiger partial charge in [-0.3, -0.25) is 9.78 Å². The van der Waals surface area contributed by atoms with E-state index in [1.165, 1.54) is 6.42 Å². The predicted octanol–water partition coefficient (Wildman–Crippen LogP) is 1.16. The van der Waals surface area contributed by atoms with E-state index >= 15 is 0 Å². The first kappa shape index (κ1) is 10.1. The molecule has 1 saturated heterocycles. The van der Waals surface area contributed by atoms with Crippen LogP contribution in [0, 0.1) is 0 Å². The molecule has 2 heterocycles. The average Bonchev–Trinajstić information content (AvgIpc) is 2.31. The van der Waals surface area contributed by atoms with Crippen molar-refractivity contribution in [3.05, 3.63) is 24.5 Å². The third-order valence-electron chi connectivity index (χ3n) is 2.57. The summed E-state index contributed by atoms with van der Waals surface area (Å²) in [6.07, 6.45) is 6.56. The Morgan fingerprint density at radius 3 is 2.87 bits per heavy atom. The minimum Gasteiger partial charge on any atom is -0.325 e. The number of amides is 1. The van der Waals surface area contributed by atoms with Gasteiger partial charge in [0.2, 0.25) is 5.91 Å². The van der Waals surface area contributed by atoms with Gasteiger partial charge in [-0.2, -0.15) is 0 Å². The van der Waals surface area contributed by atoms with Crippen molar-refractivity contribution < 1.29 is 4.79 Å². The summed E-state index contributed by atoms with van der Waals surface area (Å²) in [5, 5.41) is 6.08. The monoisotopic (exact) mass is 205 g/mol. The fourth-order valence-electron chi connectivity index (χ4n) is 1.74. The van der Waals surface area contributed by atoms with Gasteiger partial charge >= 0.3 is 0 Å². The number of rotatable bonds is 2. The van der Waals surface area contributed by atoms with Crippen molar-refractivity contribution in [2.45, 2.75) is 25.3 Å². The van der Waals surface area contributed by atoms with E-state index in [2.05, 4.69) is 15.6 Å². The molecule has 15 heavy (non-hydrogen) atoms. The Bertz CT molecular complexity index is 320. The van der Waals surface area contributed by atoms with E-state index in [4.69, 9.17) is 0 Å². The van der Waals surface area contributed by atoms with Crippen LogP contribution in [0.1, 0.15) is 19.3 Å². The van der Waals surface area contributed by atoms with Crippen LogP contribution in [0.25, 0.3) is 0 Å². The molecular weight excluding hydrogens is 190 g/mol. The number of carbonyl (C=O) groups excluding carboxylic acids is 1. The molecule has 1 aliphatic rings. The minimum absolute atomic E-state index is 0.0353. The summed E-state index contributed by atoms with van der Waals surface area (Å²) in [6, 6.07) is 3.55. The Morgan fingerprint density at radius 2 is 2.20 bits per heavy atom. The van der Waals surface area contributed by atoms with Crippen LogP contribution in [0.15, 0.2) is 24.5 Å². The zero-order chi connectivity index (χ0) is 10.5. The number of carbonyl (C=O) groups is 1. The number of hydrogen-bond donors (Lipinski definition) is 2. The predicted molar refractivity (Wildman–Crippen MR) is 58.5 cm³/mol. The molecule has 0 aliphatic carbocycles. The SMILES string of the molecule is O=C(Nc1ccncc1)[C@@H]1CCCCN1. The van der Waals surface area contributed by atoms with Crippen molar-refractivity contribution in [2.24, 2.45) is 0 Å². The van der Waals surface area contributed by atoms with Gasteiger partial charge in [0, 0.05) is 18.1 Å². The zero-order valence-corrected chi connectivity index (χ0v) is 8.57. The number of anilines is 1. The first-order valence-electron chi connectivity index (χ1n) is 5.30. The third-order valence-corrected chi connectivity index (χ3v) is 2.57. The summed E-state index contributed by atoms with van der Waals surface area (Å²) in [5.41, 5.74) is 0.808. The van der Waals surface area contributed by atoms with Gasteiger partial charge in [0.1, 0.15) is 0 Å². The Morgan fingerprint density at radius 1 is 1.40 bits per heavy atom. The molecule has 4 nitrogen and oxygen atoms in total. The van der Waals surface area contributed by atoms with Crippen LogP contribution in [-0.4, -0.2) is 23.5 Å². The summed E-state index contributed by atoms with van der Waals surface area (Å²) < 4.78 is 0. The lowest BCUT2D eigenvalue weighted by molar-refractivity contribution is -0.118. The molecule has 0 saturated carbocycles. The van der Waals surface area contributed by atoms with Crippen molar-refractivity contribution in [3.63, 3.8) is 0 Å². The van der Waals surface area contributed by atoms with Crippen molar-refractivity contribution in [3.8, 4) is 0 Å². The molecule has 0 spiro atoms. The first-order valence-corrected chi connectivity index (χ1v) is 5.30. The Hall–Kier alpha value is -1.42. The van der Waals surface area contributed by atoms with E-state index in [0.29, 0.717) is 0 Å². The van der Waals surface area contributed by atoms with E-state index < -0.39 is 0 Å². The summed E-state index contributed by atoms with van der Waals surface area (Å²) in [4.78, 5) is 15.7. The van der Waals surface area contributed by atoms with Crippen molar-refractivity contribution in [1.29, 1.82) is 0 Å². The van der Waals surface area contributed by atoms with Crippen LogP contribution in [0.4, 0.5) is 5.69 Å². The molecule has 1 atom stereocenters. The molecule has 0 unspecified atom stereocenters. The second kappa shape index (κ2) is 4.89. The molecule has 0 aromatic carbocycles. The fraction of sp³-hybridized carbons (Fsp3) is 0.455. The van der Waals surface area contributed by atoms with E-state index in [0.717, 1.165) is 25.1 Å². The highest BCUT2D eigenvalue weighted by Gasteiger charge is 2.20. The number of nitrogens with zero attached hydrogens (tertiary/aromatic N) is 1. The second-order valence-corrected chi connectivity index (χ2v) is 3.73. The third kappa shape index (κ3) is 2.76. The molecule has 1 aromatic heterocycles. The lowest BCUT2D eigenvalue weighted by atomic mass is 10.0. The zero-order valence-electron chi connectivity index (χ0n) is 8.57. The quantitative estimate of drug-likeness (QED) is 0.761. The van der Waals surface area contributed by atoms with Crippen LogP contribution >= 0.6 is 0 Å². The maximum Gasteiger partial charge on any atom is 0.241 e. The Kier molecular flexibility index (Phi) is 3.29. The maximum atomic E-state index is 11.8. The van der Waals surface area contributed by atoms with E-state index in [9.17, 15) is 4.79 Å². The van der Waals surface area contributed by atoms with E-state index in [1.807, 2.05) is 0 Å². The smallest absolute Gasteiger partial charge is 0.241 e. The summed E-state index contributed by atoms with van der Waals surface area (Å²) >= 11 is 0. The van der Waals surface area contributed by atoms with Crippen molar-refractivity contribution >= 4 is 11.6 Å². The number of nitrogens with one attached hydrogen (secondary N) is 2. The lowest BCUT2D eigenvalue weighted by Gasteiger charge is -2.22. The summed E-state index contributed by atoms with van der Waals surface area (Å²) in [6.45, 7) is 0.939. The van der Waals surface area contributed by atoms with Crippen LogP contribution in [0.2, 0.25) is 0 Å². The highest BCUT2D eigenvalue weighted by molar-refractivity contribution is 5.94. The molecule has 80 valence electrons. The summed E-state index contributed by atoms with van der Waals surface area (Å²) in [5.74, 6) is 0.0564. The van der Waals surface area contributed by atoms with Gasteiger partial charge in [-0.15, -0.1) is 0 Å². The molecular formula is C11H15N3O. The maximum absolute atomic E-state index is 11.8. The van der Waals surface area contributed by atoms with Gasteiger partial charge in [0.15, 0.2) is 0 Å². The molecule has 4 heteroatoms. The highest BCUT2D eigenvalue weighted by Crippen LogP contribution is 2.10. The largest absolute Gasteiger partial charge is 0.325 e. The first-order chi connectivity index (χ1) is 7.36. The number of hydrogen-bond acceptors (Lipinski definition) is 3. The number of pyridine rings is 1. The van der Waals surface area contributed by atoms with Crippen LogP contribution in [0.3, 0.4) is 0 Å². The Labute approximate surface area is 89.1 Å². The highest BCUT2D eigenvalue weighted by atomic mass is 16.2. The Balaban J connectivity index is 1.91. The van der Waals surface area contributed by atoms with Gasteiger partial charge in [0.25, 0.3) is 0 Å². The molecule has 1 fully saturated rings. The lowest BCUT2D eigenvalue weighted by Crippen LogP contribution is -2.43. The van der Waals surface area contributed by atoms with E-state index in [1.54, 1.807) is 24.5 Å².